The van der Waals surface area contributed by atoms with Crippen molar-refractivity contribution >= 4 is 5.91 Å². The first kappa shape index (κ1) is 17.7. The molecule has 0 radical (unpaired) electrons. The summed E-state index contributed by atoms with van der Waals surface area (Å²) in [4.78, 5) is 17.2. The molecule has 5 nitrogen and oxygen atoms in total. The molecule has 2 heterocycles. The van der Waals surface area contributed by atoms with Gasteiger partial charge in [-0.2, -0.15) is 0 Å². The van der Waals surface area contributed by atoms with Gasteiger partial charge in [0.1, 0.15) is 5.76 Å². The fourth-order valence-corrected chi connectivity index (χ4v) is 3.17. The number of hydrogen-bond donors (Lipinski definition) is 1. The predicted octanol–water partition coefficient (Wildman–Crippen LogP) is 2.32. The number of piperazine rings is 1. The van der Waals surface area contributed by atoms with E-state index in [0.717, 1.165) is 44.0 Å². The van der Waals surface area contributed by atoms with Gasteiger partial charge in [0.15, 0.2) is 0 Å². The lowest BCUT2D eigenvalue weighted by Gasteiger charge is -2.35. The van der Waals surface area contributed by atoms with Crippen molar-refractivity contribution in [2.75, 3.05) is 39.8 Å². The average Bonchev–Trinajstić information content (AvgIpc) is 3.16. The summed E-state index contributed by atoms with van der Waals surface area (Å²) in [7, 11) is 2.16. The molecule has 0 spiro atoms. The van der Waals surface area contributed by atoms with Gasteiger partial charge >= 0.3 is 0 Å². The van der Waals surface area contributed by atoms with Crippen LogP contribution in [0.1, 0.15) is 23.8 Å². The molecule has 1 saturated heterocycles. The van der Waals surface area contributed by atoms with Gasteiger partial charge in [-0.1, -0.05) is 30.3 Å². The molecule has 134 valence electrons. The highest BCUT2D eigenvalue weighted by Crippen LogP contribution is 2.16. The topological polar surface area (TPSA) is 48.7 Å². The maximum absolute atomic E-state index is 12.4. The van der Waals surface area contributed by atoms with Gasteiger partial charge in [-0.3, -0.25) is 9.69 Å². The molecule has 1 fully saturated rings. The Balaban J connectivity index is 1.59. The Kier molecular flexibility index (Phi) is 6.25. The van der Waals surface area contributed by atoms with Gasteiger partial charge in [0.25, 0.3) is 0 Å². The predicted molar refractivity (Wildman–Crippen MR) is 98.3 cm³/mol. The minimum atomic E-state index is 0.0220. The molecular formula is C20H27N3O2. The molecule has 0 unspecified atom stereocenters. The van der Waals surface area contributed by atoms with E-state index in [1.807, 2.05) is 30.3 Å². The summed E-state index contributed by atoms with van der Waals surface area (Å²) in [5, 5.41) is 3.22. The van der Waals surface area contributed by atoms with Crippen LogP contribution in [0.5, 0.6) is 0 Å². The highest BCUT2D eigenvalue weighted by molar-refractivity contribution is 5.76. The quantitative estimate of drug-likeness (QED) is 0.840. The molecule has 1 aromatic carbocycles. The maximum atomic E-state index is 12.4. The molecule has 25 heavy (non-hydrogen) atoms. The van der Waals surface area contributed by atoms with Gasteiger partial charge in [-0.15, -0.1) is 0 Å². The van der Waals surface area contributed by atoms with E-state index < -0.39 is 0 Å². The van der Waals surface area contributed by atoms with Crippen molar-refractivity contribution in [1.29, 1.82) is 0 Å². The van der Waals surface area contributed by atoms with Crippen LogP contribution in [0, 0.1) is 0 Å². The number of likely N-dealkylation sites (N-methyl/N-ethyl adjacent to an activating group) is 1. The molecule has 0 aliphatic carbocycles. The third-order valence-electron chi connectivity index (χ3n) is 4.75. The number of furan rings is 1. The molecule has 0 saturated carbocycles. The first-order valence-electron chi connectivity index (χ1n) is 8.98. The zero-order valence-electron chi connectivity index (χ0n) is 14.9. The van der Waals surface area contributed by atoms with E-state index in [2.05, 4.69) is 34.3 Å². The molecular weight excluding hydrogens is 314 g/mol. The van der Waals surface area contributed by atoms with Crippen LogP contribution in [0.25, 0.3) is 0 Å². The molecule has 0 bridgehead atoms. The highest BCUT2D eigenvalue weighted by Gasteiger charge is 2.21. The SMILES string of the molecule is CN1CCN(C[C@H](NC(=O)CCc2ccco2)c2ccccc2)CC1. The average molecular weight is 341 g/mol. The summed E-state index contributed by atoms with van der Waals surface area (Å²) in [5.41, 5.74) is 1.16. The van der Waals surface area contributed by atoms with Crippen molar-refractivity contribution in [3.8, 4) is 0 Å². The van der Waals surface area contributed by atoms with Crippen molar-refractivity contribution in [2.45, 2.75) is 18.9 Å². The van der Waals surface area contributed by atoms with Gasteiger partial charge in [0.2, 0.25) is 5.91 Å². The summed E-state index contributed by atoms with van der Waals surface area (Å²) in [6.45, 7) is 5.09. The molecule has 5 heteroatoms. The second-order valence-electron chi connectivity index (χ2n) is 6.71. The van der Waals surface area contributed by atoms with E-state index in [4.69, 9.17) is 4.42 Å². The van der Waals surface area contributed by atoms with Crippen LogP contribution in [0.4, 0.5) is 0 Å². The van der Waals surface area contributed by atoms with E-state index in [0.29, 0.717) is 12.8 Å². The fourth-order valence-electron chi connectivity index (χ4n) is 3.17. The van der Waals surface area contributed by atoms with Crippen LogP contribution < -0.4 is 5.32 Å². The number of aryl methyl sites for hydroxylation is 1. The molecule has 1 N–H and O–H groups in total. The van der Waals surface area contributed by atoms with Crippen LogP contribution in [0.3, 0.4) is 0 Å². The van der Waals surface area contributed by atoms with Gasteiger partial charge in [0.05, 0.1) is 12.3 Å². The Morgan fingerprint density at radius 3 is 2.56 bits per heavy atom. The van der Waals surface area contributed by atoms with Crippen LogP contribution in [-0.2, 0) is 11.2 Å². The summed E-state index contributed by atoms with van der Waals surface area (Å²) in [6, 6.07) is 14.0. The zero-order chi connectivity index (χ0) is 17.5. The lowest BCUT2D eigenvalue weighted by atomic mass is 10.1. The van der Waals surface area contributed by atoms with E-state index in [-0.39, 0.29) is 11.9 Å². The Labute approximate surface area is 149 Å². The molecule has 1 atom stereocenters. The van der Waals surface area contributed by atoms with Crippen LogP contribution in [-0.4, -0.2) is 55.5 Å². The van der Waals surface area contributed by atoms with E-state index in [1.54, 1.807) is 6.26 Å². The Bertz CT molecular complexity index is 634. The van der Waals surface area contributed by atoms with Crippen molar-refractivity contribution in [2.24, 2.45) is 0 Å². The minimum absolute atomic E-state index is 0.0220. The largest absolute Gasteiger partial charge is 0.469 e. The summed E-state index contributed by atoms with van der Waals surface area (Å²) in [5.74, 6) is 0.921. The Hall–Kier alpha value is -2.11. The number of rotatable bonds is 7. The van der Waals surface area contributed by atoms with Gasteiger partial charge in [-0.05, 0) is 24.7 Å². The first-order valence-corrected chi connectivity index (χ1v) is 8.98. The van der Waals surface area contributed by atoms with Crippen molar-refractivity contribution in [1.82, 2.24) is 15.1 Å². The Morgan fingerprint density at radius 1 is 1.12 bits per heavy atom. The molecule has 2 aromatic rings. The van der Waals surface area contributed by atoms with Gasteiger partial charge in [-0.25, -0.2) is 0 Å². The molecule has 1 amide bonds. The number of nitrogens with zero attached hydrogens (tertiary/aromatic N) is 2. The second-order valence-corrected chi connectivity index (χ2v) is 6.71. The summed E-state index contributed by atoms with van der Waals surface area (Å²) >= 11 is 0. The third-order valence-corrected chi connectivity index (χ3v) is 4.75. The van der Waals surface area contributed by atoms with Crippen LogP contribution in [0.15, 0.2) is 53.1 Å². The molecule has 1 aliphatic rings. The van der Waals surface area contributed by atoms with Crippen molar-refractivity contribution < 1.29 is 9.21 Å². The third kappa shape index (κ3) is 5.44. The van der Waals surface area contributed by atoms with Gasteiger partial charge < -0.3 is 14.6 Å². The number of carbonyl (C=O) groups is 1. The fraction of sp³-hybridized carbons (Fsp3) is 0.450. The Morgan fingerprint density at radius 2 is 1.88 bits per heavy atom. The number of nitrogens with one attached hydrogen (secondary N) is 1. The standard InChI is InChI=1S/C20H27N3O2/c1-22-11-13-23(14-12-22)16-19(17-6-3-2-4-7-17)21-20(24)10-9-18-8-5-15-25-18/h2-8,15,19H,9-14,16H2,1H3,(H,21,24)/t19-/m0/s1. The lowest BCUT2D eigenvalue weighted by molar-refractivity contribution is -0.122. The number of hydrogen-bond acceptors (Lipinski definition) is 4. The van der Waals surface area contributed by atoms with E-state index in [9.17, 15) is 4.79 Å². The first-order chi connectivity index (χ1) is 12.2. The highest BCUT2D eigenvalue weighted by atomic mass is 16.3. The summed E-state index contributed by atoms with van der Waals surface area (Å²) < 4.78 is 5.31. The minimum Gasteiger partial charge on any atom is -0.469 e. The van der Waals surface area contributed by atoms with Crippen LogP contribution in [0.2, 0.25) is 0 Å². The monoisotopic (exact) mass is 341 g/mol. The molecule has 1 aliphatic heterocycles. The van der Waals surface area contributed by atoms with Crippen molar-refractivity contribution in [3.05, 3.63) is 60.1 Å². The van der Waals surface area contributed by atoms with E-state index in [1.165, 1.54) is 0 Å². The van der Waals surface area contributed by atoms with E-state index >= 15 is 0 Å². The van der Waals surface area contributed by atoms with Crippen molar-refractivity contribution in [3.63, 3.8) is 0 Å². The number of benzene rings is 1. The maximum Gasteiger partial charge on any atom is 0.220 e. The summed E-state index contributed by atoms with van der Waals surface area (Å²) in [6.07, 6.45) is 2.72. The van der Waals surface area contributed by atoms with Gasteiger partial charge in [0, 0.05) is 45.6 Å². The number of carbonyl (C=O) groups excluding carboxylic acids is 1. The molecule has 3 rings (SSSR count). The second kappa shape index (κ2) is 8.83. The van der Waals surface area contributed by atoms with Crippen LogP contribution >= 0.6 is 0 Å². The normalized spacial score (nSPS) is 17.3. The smallest absolute Gasteiger partial charge is 0.220 e. The zero-order valence-corrected chi connectivity index (χ0v) is 14.9. The lowest BCUT2D eigenvalue weighted by Crippen LogP contribution is -2.47. The molecule has 1 aromatic heterocycles. The number of amides is 1.